The molecule has 0 atom stereocenters. The van der Waals surface area contributed by atoms with Gasteiger partial charge in [0.1, 0.15) is 0 Å². The predicted molar refractivity (Wildman–Crippen MR) is 73.2 cm³/mol. The average Bonchev–Trinajstić information content (AvgIpc) is 2.41. The SMILES string of the molecule is NC(=CC=Nc1ccccc1)c1ccccc1. The van der Waals surface area contributed by atoms with Crippen molar-refractivity contribution >= 4 is 17.6 Å². The zero-order chi connectivity index (χ0) is 11.9. The van der Waals surface area contributed by atoms with Crippen molar-refractivity contribution in [1.82, 2.24) is 0 Å². The molecule has 0 aliphatic heterocycles. The van der Waals surface area contributed by atoms with E-state index in [0.29, 0.717) is 5.70 Å². The molecule has 17 heavy (non-hydrogen) atoms. The molecule has 0 saturated heterocycles. The summed E-state index contributed by atoms with van der Waals surface area (Å²) in [6, 6.07) is 19.6. The van der Waals surface area contributed by atoms with Crippen LogP contribution in [-0.2, 0) is 0 Å². The van der Waals surface area contributed by atoms with E-state index in [0.717, 1.165) is 11.3 Å². The fourth-order valence-corrected chi connectivity index (χ4v) is 1.44. The Bertz CT molecular complexity index is 513. The standard InChI is InChI=1S/C15H14N2/c16-15(13-7-3-1-4-8-13)11-12-17-14-9-5-2-6-10-14/h1-12H,16H2. The fourth-order valence-electron chi connectivity index (χ4n) is 1.44. The largest absolute Gasteiger partial charge is 0.398 e. The van der Waals surface area contributed by atoms with Crippen molar-refractivity contribution < 1.29 is 0 Å². The summed E-state index contributed by atoms with van der Waals surface area (Å²) < 4.78 is 0. The van der Waals surface area contributed by atoms with Crippen molar-refractivity contribution in [2.75, 3.05) is 0 Å². The molecule has 84 valence electrons. The van der Waals surface area contributed by atoms with Gasteiger partial charge in [-0.25, -0.2) is 0 Å². The number of rotatable bonds is 3. The van der Waals surface area contributed by atoms with E-state index < -0.39 is 0 Å². The number of hydrogen-bond donors (Lipinski definition) is 1. The molecule has 0 unspecified atom stereocenters. The Labute approximate surface area is 101 Å². The molecule has 0 bridgehead atoms. The van der Waals surface area contributed by atoms with Crippen molar-refractivity contribution in [3.63, 3.8) is 0 Å². The number of benzene rings is 2. The molecule has 0 aromatic heterocycles. The Kier molecular flexibility index (Phi) is 3.71. The minimum Gasteiger partial charge on any atom is -0.398 e. The maximum Gasteiger partial charge on any atom is 0.0629 e. The van der Waals surface area contributed by atoms with E-state index in [9.17, 15) is 0 Å². The van der Waals surface area contributed by atoms with E-state index in [4.69, 9.17) is 5.73 Å². The average molecular weight is 222 g/mol. The lowest BCUT2D eigenvalue weighted by molar-refractivity contribution is 1.51. The van der Waals surface area contributed by atoms with Crippen LogP contribution in [0.1, 0.15) is 5.56 Å². The number of allylic oxidation sites excluding steroid dienone is 1. The first kappa shape index (κ1) is 11.1. The highest BCUT2D eigenvalue weighted by molar-refractivity contribution is 5.84. The van der Waals surface area contributed by atoms with Crippen LogP contribution in [0.4, 0.5) is 5.69 Å². The molecule has 2 aromatic carbocycles. The van der Waals surface area contributed by atoms with Gasteiger partial charge >= 0.3 is 0 Å². The highest BCUT2D eigenvalue weighted by Crippen LogP contribution is 2.10. The summed E-state index contributed by atoms with van der Waals surface area (Å²) >= 11 is 0. The summed E-state index contributed by atoms with van der Waals surface area (Å²) in [5.74, 6) is 0. The van der Waals surface area contributed by atoms with Crippen molar-refractivity contribution in [3.8, 4) is 0 Å². The Morgan fingerprint density at radius 3 is 2.12 bits per heavy atom. The summed E-state index contributed by atoms with van der Waals surface area (Å²) in [7, 11) is 0. The summed E-state index contributed by atoms with van der Waals surface area (Å²) in [6.07, 6.45) is 3.53. The van der Waals surface area contributed by atoms with E-state index in [1.807, 2.05) is 66.7 Å². The molecular formula is C15H14N2. The molecule has 2 aromatic rings. The molecule has 2 N–H and O–H groups in total. The summed E-state index contributed by atoms with van der Waals surface area (Å²) in [6.45, 7) is 0. The minimum atomic E-state index is 0.713. The number of hydrogen-bond acceptors (Lipinski definition) is 2. The van der Waals surface area contributed by atoms with Crippen LogP contribution in [0, 0.1) is 0 Å². The molecule has 0 radical (unpaired) electrons. The lowest BCUT2D eigenvalue weighted by atomic mass is 10.1. The molecule has 0 spiro atoms. The quantitative estimate of drug-likeness (QED) is 0.794. The Morgan fingerprint density at radius 1 is 0.882 bits per heavy atom. The predicted octanol–water partition coefficient (Wildman–Crippen LogP) is 3.39. The summed E-state index contributed by atoms with van der Waals surface area (Å²) in [5.41, 5.74) is 8.57. The van der Waals surface area contributed by atoms with Gasteiger partial charge in [0.25, 0.3) is 0 Å². The van der Waals surface area contributed by atoms with Gasteiger partial charge in [-0.15, -0.1) is 0 Å². The topological polar surface area (TPSA) is 38.4 Å². The molecular weight excluding hydrogens is 208 g/mol. The number of para-hydroxylation sites is 1. The zero-order valence-corrected chi connectivity index (χ0v) is 9.45. The second kappa shape index (κ2) is 5.66. The highest BCUT2D eigenvalue weighted by Gasteiger charge is 1.91. The van der Waals surface area contributed by atoms with Crippen LogP contribution in [0.15, 0.2) is 71.7 Å². The first-order valence-electron chi connectivity index (χ1n) is 5.46. The molecule has 0 saturated carbocycles. The van der Waals surface area contributed by atoms with Crippen LogP contribution in [0.5, 0.6) is 0 Å². The second-order valence-corrected chi connectivity index (χ2v) is 3.60. The smallest absolute Gasteiger partial charge is 0.0629 e. The van der Waals surface area contributed by atoms with E-state index in [2.05, 4.69) is 4.99 Å². The summed E-state index contributed by atoms with van der Waals surface area (Å²) in [4.78, 5) is 4.29. The van der Waals surface area contributed by atoms with E-state index in [1.54, 1.807) is 6.21 Å². The van der Waals surface area contributed by atoms with Crippen molar-refractivity contribution in [2.45, 2.75) is 0 Å². The van der Waals surface area contributed by atoms with Gasteiger partial charge in [-0.2, -0.15) is 0 Å². The first-order chi connectivity index (χ1) is 8.36. The summed E-state index contributed by atoms with van der Waals surface area (Å²) in [5, 5.41) is 0. The van der Waals surface area contributed by atoms with E-state index >= 15 is 0 Å². The lowest BCUT2D eigenvalue weighted by Crippen LogP contribution is -1.95. The van der Waals surface area contributed by atoms with Gasteiger partial charge in [-0.05, 0) is 23.8 Å². The maximum absolute atomic E-state index is 5.93. The Balaban J connectivity index is 2.09. The molecule has 2 heteroatoms. The van der Waals surface area contributed by atoms with Crippen LogP contribution >= 0.6 is 0 Å². The van der Waals surface area contributed by atoms with E-state index in [1.165, 1.54) is 0 Å². The normalized spacial score (nSPS) is 11.9. The molecule has 0 fully saturated rings. The zero-order valence-electron chi connectivity index (χ0n) is 9.45. The van der Waals surface area contributed by atoms with Crippen LogP contribution in [0.3, 0.4) is 0 Å². The third-order valence-corrected chi connectivity index (χ3v) is 2.34. The van der Waals surface area contributed by atoms with Crippen molar-refractivity contribution in [1.29, 1.82) is 0 Å². The molecule has 2 nitrogen and oxygen atoms in total. The van der Waals surface area contributed by atoms with Crippen LogP contribution in [0.2, 0.25) is 0 Å². The fraction of sp³-hybridized carbons (Fsp3) is 0. The molecule has 0 aliphatic carbocycles. The van der Waals surface area contributed by atoms with Gasteiger partial charge in [-0.3, -0.25) is 4.99 Å². The minimum absolute atomic E-state index is 0.713. The van der Waals surface area contributed by atoms with Crippen LogP contribution in [0.25, 0.3) is 5.70 Å². The Hall–Kier alpha value is -2.35. The van der Waals surface area contributed by atoms with Crippen molar-refractivity contribution in [2.24, 2.45) is 10.7 Å². The number of aliphatic imine (C=N–C) groups is 1. The monoisotopic (exact) mass is 222 g/mol. The third-order valence-electron chi connectivity index (χ3n) is 2.34. The maximum atomic E-state index is 5.93. The van der Waals surface area contributed by atoms with Gasteiger partial charge in [0, 0.05) is 11.9 Å². The molecule has 0 amide bonds. The van der Waals surface area contributed by atoms with Gasteiger partial charge < -0.3 is 5.73 Å². The molecule has 0 aliphatic rings. The number of nitrogens with two attached hydrogens (primary N) is 1. The highest BCUT2D eigenvalue weighted by atomic mass is 14.7. The lowest BCUT2D eigenvalue weighted by Gasteiger charge is -1.98. The Morgan fingerprint density at radius 2 is 1.47 bits per heavy atom. The van der Waals surface area contributed by atoms with Gasteiger partial charge in [0.2, 0.25) is 0 Å². The van der Waals surface area contributed by atoms with Crippen molar-refractivity contribution in [3.05, 3.63) is 72.3 Å². The molecule has 2 rings (SSSR count). The van der Waals surface area contributed by atoms with E-state index in [-0.39, 0.29) is 0 Å². The third kappa shape index (κ3) is 3.31. The molecule has 0 heterocycles. The first-order valence-corrected chi connectivity index (χ1v) is 5.46. The van der Waals surface area contributed by atoms with Gasteiger partial charge in [0.05, 0.1) is 5.69 Å². The van der Waals surface area contributed by atoms with Gasteiger partial charge in [-0.1, -0.05) is 48.5 Å². The second-order valence-electron chi connectivity index (χ2n) is 3.60. The number of nitrogens with zero attached hydrogens (tertiary/aromatic N) is 1. The van der Waals surface area contributed by atoms with Gasteiger partial charge in [0.15, 0.2) is 0 Å². The van der Waals surface area contributed by atoms with Crippen LogP contribution < -0.4 is 5.73 Å². The van der Waals surface area contributed by atoms with Crippen LogP contribution in [-0.4, -0.2) is 6.21 Å².